The van der Waals surface area contributed by atoms with Crippen LogP contribution in [-0.2, 0) is 32.4 Å². The number of oxime groups is 1. The molecule has 37 heavy (non-hydrogen) atoms. The van der Waals surface area contributed by atoms with Crippen LogP contribution in [0, 0.1) is 0 Å². The van der Waals surface area contributed by atoms with Crippen molar-refractivity contribution < 1.29 is 24.3 Å². The molecule has 2 aliphatic rings. The first kappa shape index (κ1) is 24.4. The molecule has 1 fully saturated rings. The Morgan fingerprint density at radius 2 is 2.27 bits per heavy atom. The highest BCUT2D eigenvalue weighted by Gasteiger charge is 2.55. The van der Waals surface area contributed by atoms with Gasteiger partial charge in [-0.15, -0.1) is 28.2 Å². The van der Waals surface area contributed by atoms with Gasteiger partial charge in [-0.2, -0.15) is 0 Å². The van der Waals surface area contributed by atoms with Crippen LogP contribution in [0.1, 0.15) is 24.1 Å². The van der Waals surface area contributed by atoms with E-state index in [-0.39, 0.29) is 40.4 Å². The molecule has 3 aromatic rings. The van der Waals surface area contributed by atoms with Crippen molar-refractivity contribution in [1.29, 1.82) is 0 Å². The average molecular weight is 546 g/mol. The number of aryl methyl sites for hydroxylation is 1. The summed E-state index contributed by atoms with van der Waals surface area (Å²) in [4.78, 5) is 55.6. The van der Waals surface area contributed by atoms with Crippen molar-refractivity contribution in [2.24, 2.45) is 5.16 Å². The van der Waals surface area contributed by atoms with Crippen molar-refractivity contribution in [3.05, 3.63) is 40.8 Å². The fraction of sp³-hybridized carbons (Fsp3) is 0.316. The van der Waals surface area contributed by atoms with E-state index in [2.05, 4.69) is 40.9 Å². The summed E-state index contributed by atoms with van der Waals surface area (Å²) in [6, 6.07) is -0.996. The number of tetrazole rings is 1. The van der Waals surface area contributed by atoms with Crippen LogP contribution in [0.5, 0.6) is 0 Å². The van der Waals surface area contributed by atoms with Gasteiger partial charge in [-0.3, -0.25) is 14.5 Å². The number of fused-ring (bicyclic) bond motifs is 1. The quantitative estimate of drug-likeness (QED) is 0.149. The Morgan fingerprint density at radius 1 is 1.43 bits per heavy atom. The van der Waals surface area contributed by atoms with E-state index >= 15 is 0 Å². The number of thiazole rings is 1. The van der Waals surface area contributed by atoms with E-state index < -0.39 is 29.2 Å². The second-order valence-corrected chi connectivity index (χ2v) is 9.67. The summed E-state index contributed by atoms with van der Waals surface area (Å²) in [6.45, 7) is 2.25. The van der Waals surface area contributed by atoms with Gasteiger partial charge in [0.1, 0.15) is 22.8 Å². The minimum Gasteiger partial charge on any atom is -0.477 e. The summed E-state index contributed by atoms with van der Waals surface area (Å²) in [6.07, 6.45) is 3.01. The molecule has 16 nitrogen and oxygen atoms in total. The number of nitrogens with two attached hydrogens (primary N) is 1. The Hall–Kier alpha value is -4.32. The number of carbonyl (C=O) groups excluding carboxylic acids is 2. The van der Waals surface area contributed by atoms with E-state index in [0.29, 0.717) is 17.8 Å². The maximum atomic E-state index is 13.2. The van der Waals surface area contributed by atoms with Gasteiger partial charge < -0.3 is 26.0 Å². The third-order valence-corrected chi connectivity index (χ3v) is 7.42. The minimum absolute atomic E-state index is 0.0117. The summed E-state index contributed by atoms with van der Waals surface area (Å²) in [7, 11) is 0. The lowest BCUT2D eigenvalue weighted by atomic mass is 10.0. The van der Waals surface area contributed by atoms with E-state index in [4.69, 9.17) is 10.6 Å². The molecule has 2 atom stereocenters. The van der Waals surface area contributed by atoms with E-state index in [1.165, 1.54) is 28.2 Å². The number of hydrogen-bond acceptors (Lipinski definition) is 13. The zero-order valence-electron chi connectivity index (χ0n) is 19.1. The number of hydrogen-bond donors (Lipinski definition) is 4. The predicted molar refractivity (Wildman–Crippen MR) is 130 cm³/mol. The Morgan fingerprint density at radius 3 is 2.95 bits per heavy atom. The molecule has 0 saturated carbocycles. The highest BCUT2D eigenvalue weighted by Crippen LogP contribution is 2.42. The van der Waals surface area contributed by atoms with Crippen molar-refractivity contribution in [1.82, 2.24) is 45.4 Å². The summed E-state index contributed by atoms with van der Waals surface area (Å²) in [5.74, 6) is -2.12. The normalized spacial score (nSPS) is 19.4. The molecular weight excluding hydrogens is 526 g/mol. The van der Waals surface area contributed by atoms with E-state index in [1.807, 2.05) is 6.92 Å². The second kappa shape index (κ2) is 9.97. The number of anilines is 1. The van der Waals surface area contributed by atoms with Gasteiger partial charge in [0.15, 0.2) is 23.3 Å². The van der Waals surface area contributed by atoms with Gasteiger partial charge in [-0.25, -0.2) is 19.4 Å². The molecular formula is C19H19N11O5S2. The predicted octanol–water partition coefficient (Wildman–Crippen LogP) is -0.728. The van der Waals surface area contributed by atoms with Gasteiger partial charge in [0, 0.05) is 23.3 Å². The Balaban J connectivity index is 1.36. The van der Waals surface area contributed by atoms with Gasteiger partial charge >= 0.3 is 5.97 Å². The molecule has 3 aromatic heterocycles. The zero-order valence-corrected chi connectivity index (χ0v) is 20.7. The topological polar surface area (TPSA) is 219 Å². The molecule has 0 radical (unpaired) electrons. The molecule has 192 valence electrons. The first-order valence-corrected chi connectivity index (χ1v) is 12.7. The maximum Gasteiger partial charge on any atom is 0.353 e. The number of carbonyl (C=O) groups is 3. The van der Waals surface area contributed by atoms with E-state index in [9.17, 15) is 19.5 Å². The Labute approximate surface area is 216 Å². The number of nitrogen functional groups attached to an aromatic ring is 1. The van der Waals surface area contributed by atoms with Crippen LogP contribution in [0.3, 0.4) is 0 Å². The number of carboxylic acids is 1. The van der Waals surface area contributed by atoms with Crippen molar-refractivity contribution in [2.45, 2.75) is 31.5 Å². The molecule has 0 aliphatic carbocycles. The Kier molecular flexibility index (Phi) is 6.57. The van der Waals surface area contributed by atoms with Crippen LogP contribution in [0.4, 0.5) is 5.13 Å². The van der Waals surface area contributed by atoms with E-state index in [0.717, 1.165) is 16.2 Å². The number of rotatable bonds is 9. The molecule has 5 N–H and O–H groups in total. The van der Waals surface area contributed by atoms with Gasteiger partial charge in [-0.1, -0.05) is 5.16 Å². The molecule has 0 bridgehead atoms. The van der Waals surface area contributed by atoms with E-state index in [1.54, 1.807) is 6.20 Å². The highest BCUT2D eigenvalue weighted by atomic mass is 32.2. The lowest BCUT2D eigenvalue weighted by Crippen LogP contribution is -2.71. The maximum absolute atomic E-state index is 13.2. The minimum atomic E-state index is -1.29. The molecule has 5 heterocycles. The highest BCUT2D eigenvalue weighted by molar-refractivity contribution is 8.00. The molecule has 0 spiro atoms. The smallest absolute Gasteiger partial charge is 0.353 e. The van der Waals surface area contributed by atoms with Gasteiger partial charge in [-0.05, 0) is 17.4 Å². The molecule has 2 aliphatic heterocycles. The van der Waals surface area contributed by atoms with Gasteiger partial charge in [0.05, 0.1) is 18.2 Å². The number of β-lactam (4-membered cyclic amide) rings is 1. The fourth-order valence-corrected chi connectivity index (χ4v) is 5.65. The summed E-state index contributed by atoms with van der Waals surface area (Å²) in [5, 5.41) is 28.9. The fourth-order valence-electron chi connectivity index (χ4n) is 3.76. The SMILES string of the molecule is CCn1nnnc1C1=C(C(=O)O)N2C(=O)C(NC(=O)C(=NOCc3cnc[nH]3)c3csc(N)n3)[C@@H]2SC1. The number of imidazole rings is 1. The number of H-pyrrole nitrogens is 1. The van der Waals surface area contributed by atoms with Crippen molar-refractivity contribution in [3.63, 3.8) is 0 Å². The third-order valence-electron chi connectivity index (χ3n) is 5.47. The van der Waals surface area contributed by atoms with Crippen molar-refractivity contribution in [2.75, 3.05) is 11.5 Å². The number of nitrogens with zero attached hydrogens (tertiary/aromatic N) is 8. The van der Waals surface area contributed by atoms with Crippen LogP contribution in [0.25, 0.3) is 5.57 Å². The molecule has 0 aromatic carbocycles. The molecule has 5 rings (SSSR count). The zero-order chi connectivity index (χ0) is 26.1. The first-order chi connectivity index (χ1) is 17.9. The standard InChI is InChI=1S/C19H19N11O5S2/c1-2-29-14(25-27-28-29)9-5-36-17-12(16(32)30(17)13(9)18(33)34)24-15(31)11(10-6-37-19(20)23-10)26-35-4-8-3-21-7-22-8/h3,6-7,12,17H,2,4-5H2,1H3,(H2,20,23)(H,21,22)(H,24,31)(H,33,34)/t12?,17-/m0/s1. The van der Waals surface area contributed by atoms with Gasteiger partial charge in [0.2, 0.25) is 0 Å². The molecule has 18 heteroatoms. The molecule has 2 amide bonds. The number of thioether (sulfide) groups is 1. The number of amides is 2. The van der Waals surface area contributed by atoms with Crippen LogP contribution < -0.4 is 11.1 Å². The van der Waals surface area contributed by atoms with Crippen LogP contribution in [0.2, 0.25) is 0 Å². The largest absolute Gasteiger partial charge is 0.477 e. The lowest BCUT2D eigenvalue weighted by Gasteiger charge is -2.49. The van der Waals surface area contributed by atoms with Crippen molar-refractivity contribution >= 4 is 57.3 Å². The van der Waals surface area contributed by atoms with Crippen LogP contribution in [-0.4, -0.2) is 85.8 Å². The second-order valence-electron chi connectivity index (χ2n) is 7.67. The average Bonchev–Trinajstić information content (AvgIpc) is 3.66. The number of aromatic nitrogens is 7. The summed E-state index contributed by atoms with van der Waals surface area (Å²) >= 11 is 2.40. The number of carboxylic acid groups (broad SMARTS) is 1. The van der Waals surface area contributed by atoms with Crippen LogP contribution in [0.15, 0.2) is 28.8 Å². The van der Waals surface area contributed by atoms with Crippen molar-refractivity contribution in [3.8, 4) is 0 Å². The number of aliphatic carboxylic acids is 1. The third kappa shape index (κ3) is 4.51. The monoisotopic (exact) mass is 545 g/mol. The molecule has 1 unspecified atom stereocenters. The number of nitrogens with one attached hydrogen (secondary N) is 2. The van der Waals surface area contributed by atoms with Gasteiger partial charge in [0.25, 0.3) is 11.8 Å². The summed E-state index contributed by atoms with van der Waals surface area (Å²) in [5.41, 5.74) is 6.44. The lowest BCUT2D eigenvalue weighted by molar-refractivity contribution is -0.149. The first-order valence-electron chi connectivity index (χ1n) is 10.8. The van der Waals surface area contributed by atoms with Crippen LogP contribution >= 0.6 is 23.1 Å². The number of aromatic amines is 1. The summed E-state index contributed by atoms with van der Waals surface area (Å²) < 4.78 is 1.45. The molecule has 1 saturated heterocycles. The Bertz CT molecular complexity index is 1410.